The number of hydrogen-bond donors (Lipinski definition) is 1. The van der Waals surface area contributed by atoms with E-state index in [1.165, 1.54) is 19.9 Å². The first-order valence-corrected chi connectivity index (χ1v) is 7.21. The predicted octanol–water partition coefficient (Wildman–Crippen LogP) is 5.13. The van der Waals surface area contributed by atoms with E-state index < -0.39 is 33.0 Å². The van der Waals surface area contributed by atoms with Crippen molar-refractivity contribution < 1.29 is 30.7 Å². The summed E-state index contributed by atoms with van der Waals surface area (Å²) in [7, 11) is 0. The molecule has 1 nitrogen and oxygen atoms in total. The van der Waals surface area contributed by atoms with Gasteiger partial charge in [-0.3, -0.25) is 0 Å². The third-order valence-corrected chi connectivity index (χ3v) is 5.32. The Bertz CT molecular complexity index is 464. The lowest BCUT2D eigenvalue weighted by Crippen LogP contribution is -2.61. The fraction of sp³-hybridized carbons (Fsp3) is 0.636. The van der Waals surface area contributed by atoms with Crippen LogP contribution in [0.3, 0.4) is 0 Å². The summed E-state index contributed by atoms with van der Waals surface area (Å²) in [6.07, 6.45) is -10.4. The highest BCUT2D eigenvalue weighted by atomic mass is 79.9. The molecule has 0 saturated carbocycles. The number of rotatable bonds is 2. The number of allylic oxidation sites excluding steroid dienone is 3. The Morgan fingerprint density at radius 2 is 1.52 bits per heavy atom. The molecule has 1 aliphatic rings. The molecular formula is C11H10Br2F7N. The number of halogens is 9. The van der Waals surface area contributed by atoms with Crippen LogP contribution in [0.15, 0.2) is 23.4 Å². The van der Waals surface area contributed by atoms with Gasteiger partial charge in [-0.25, -0.2) is 4.39 Å². The fourth-order valence-corrected chi connectivity index (χ4v) is 2.57. The van der Waals surface area contributed by atoms with Gasteiger partial charge in [0.25, 0.3) is 0 Å². The van der Waals surface area contributed by atoms with Crippen molar-refractivity contribution in [2.45, 2.75) is 41.1 Å². The predicted molar refractivity (Wildman–Crippen MR) is 71.0 cm³/mol. The second-order valence-corrected chi connectivity index (χ2v) is 7.30. The van der Waals surface area contributed by atoms with Crippen LogP contribution in [0.2, 0.25) is 0 Å². The molecule has 0 bridgehead atoms. The Morgan fingerprint density at radius 3 is 1.86 bits per heavy atom. The van der Waals surface area contributed by atoms with Gasteiger partial charge in [-0.1, -0.05) is 37.4 Å². The molecule has 0 fully saturated rings. The van der Waals surface area contributed by atoms with Crippen LogP contribution in [0.5, 0.6) is 0 Å². The van der Waals surface area contributed by atoms with Crippen LogP contribution in [0.1, 0.15) is 13.8 Å². The van der Waals surface area contributed by atoms with E-state index in [1.54, 1.807) is 0 Å². The molecule has 0 spiro atoms. The molecule has 0 radical (unpaired) electrons. The molecule has 2 unspecified atom stereocenters. The normalized spacial score (nSPS) is 25.9. The van der Waals surface area contributed by atoms with Crippen molar-refractivity contribution in [1.82, 2.24) is 5.32 Å². The van der Waals surface area contributed by atoms with E-state index in [2.05, 4.69) is 31.9 Å². The average molecular weight is 449 g/mol. The van der Waals surface area contributed by atoms with Gasteiger partial charge in [0.2, 0.25) is 0 Å². The monoisotopic (exact) mass is 447 g/mol. The zero-order valence-corrected chi connectivity index (χ0v) is 13.8. The quantitative estimate of drug-likeness (QED) is 0.351. The van der Waals surface area contributed by atoms with Crippen LogP contribution in [0.25, 0.3) is 0 Å². The van der Waals surface area contributed by atoms with Gasteiger partial charge in [0, 0.05) is 4.83 Å². The minimum absolute atomic E-state index is 0.0578. The Labute approximate surface area is 132 Å². The summed E-state index contributed by atoms with van der Waals surface area (Å²) >= 11 is 6.04. The number of dihydropyridines is 1. The van der Waals surface area contributed by atoms with Gasteiger partial charge in [-0.15, -0.1) is 0 Å². The Hall–Kier alpha value is -0.250. The highest BCUT2D eigenvalue weighted by Crippen LogP contribution is 2.51. The second-order valence-electron chi connectivity index (χ2n) is 4.61. The number of nitrogens with one attached hydrogen (secondary N) is 1. The third kappa shape index (κ3) is 3.25. The zero-order valence-electron chi connectivity index (χ0n) is 10.6. The van der Waals surface area contributed by atoms with Crippen LogP contribution in [0, 0.1) is 0 Å². The molecule has 21 heavy (non-hydrogen) atoms. The number of alkyl halides is 9. The largest absolute Gasteiger partial charge is 0.437 e. The first kappa shape index (κ1) is 18.8. The standard InChI is InChI=1S/C11H10Br2F7N/c1-5-3-7(21-8(13,4-5)6(2)12)9(14,10(15,16)17)11(18,19)20/h3-4,6,21H,1-2H3. The molecule has 0 amide bonds. The highest BCUT2D eigenvalue weighted by Gasteiger charge is 2.75. The summed E-state index contributed by atoms with van der Waals surface area (Å²) < 4.78 is 89.0. The first-order valence-electron chi connectivity index (χ1n) is 5.50. The molecule has 0 saturated heterocycles. The van der Waals surface area contributed by atoms with Crippen LogP contribution < -0.4 is 5.32 Å². The van der Waals surface area contributed by atoms with E-state index in [1.807, 2.05) is 5.32 Å². The average Bonchev–Trinajstić information content (AvgIpc) is 2.23. The van der Waals surface area contributed by atoms with E-state index in [0.717, 1.165) is 0 Å². The Balaban J connectivity index is 3.46. The van der Waals surface area contributed by atoms with Crippen LogP contribution in [-0.4, -0.2) is 27.3 Å². The summed E-state index contributed by atoms with van der Waals surface area (Å²) in [6, 6.07) is 0. The molecule has 2 atom stereocenters. The molecular weight excluding hydrogens is 439 g/mol. The van der Waals surface area contributed by atoms with E-state index in [-0.39, 0.29) is 5.57 Å². The molecule has 0 aromatic rings. The highest BCUT2D eigenvalue weighted by molar-refractivity contribution is 9.12. The second kappa shape index (κ2) is 5.43. The molecule has 0 aromatic carbocycles. The Morgan fingerprint density at radius 1 is 1.10 bits per heavy atom. The van der Waals surface area contributed by atoms with Crippen LogP contribution in [0.4, 0.5) is 30.7 Å². The van der Waals surface area contributed by atoms with Crippen LogP contribution in [-0.2, 0) is 0 Å². The summed E-state index contributed by atoms with van der Waals surface area (Å²) in [5, 5.41) is 1.95. The Kier molecular flexibility index (Phi) is 4.86. The molecule has 0 aliphatic carbocycles. The van der Waals surface area contributed by atoms with Crippen molar-refractivity contribution >= 4 is 31.9 Å². The molecule has 122 valence electrons. The van der Waals surface area contributed by atoms with Gasteiger partial charge in [0.05, 0.1) is 5.70 Å². The molecule has 10 heteroatoms. The summed E-state index contributed by atoms with van der Waals surface area (Å²) in [5.41, 5.74) is -7.02. The van der Waals surface area contributed by atoms with Crippen molar-refractivity contribution in [1.29, 1.82) is 0 Å². The zero-order chi connectivity index (χ0) is 16.9. The first-order chi connectivity index (χ1) is 9.15. The fourth-order valence-electron chi connectivity index (χ4n) is 1.75. The maximum atomic E-state index is 14.0. The van der Waals surface area contributed by atoms with Gasteiger partial charge in [-0.2, -0.15) is 26.3 Å². The van der Waals surface area contributed by atoms with E-state index in [0.29, 0.717) is 6.08 Å². The van der Waals surface area contributed by atoms with Gasteiger partial charge in [0.15, 0.2) is 0 Å². The van der Waals surface area contributed by atoms with Gasteiger partial charge >= 0.3 is 18.0 Å². The van der Waals surface area contributed by atoms with Gasteiger partial charge in [-0.05, 0) is 26.0 Å². The molecule has 1 aliphatic heterocycles. The summed E-state index contributed by atoms with van der Waals surface area (Å²) in [4.78, 5) is -0.616. The lowest BCUT2D eigenvalue weighted by molar-refractivity contribution is -0.328. The lowest BCUT2D eigenvalue weighted by Gasteiger charge is -2.40. The van der Waals surface area contributed by atoms with Crippen molar-refractivity contribution in [3.05, 3.63) is 23.4 Å². The summed E-state index contributed by atoms with van der Waals surface area (Å²) in [5.74, 6) is 0. The molecule has 1 heterocycles. The van der Waals surface area contributed by atoms with E-state index >= 15 is 0 Å². The van der Waals surface area contributed by atoms with Crippen LogP contribution >= 0.6 is 31.9 Å². The lowest BCUT2D eigenvalue weighted by atomic mass is 9.93. The smallest absolute Gasteiger partial charge is 0.366 e. The molecule has 1 N–H and O–H groups in total. The minimum Gasteiger partial charge on any atom is -0.366 e. The van der Waals surface area contributed by atoms with Crippen molar-refractivity contribution in [2.24, 2.45) is 0 Å². The van der Waals surface area contributed by atoms with Gasteiger partial charge < -0.3 is 5.32 Å². The number of hydrogen-bond acceptors (Lipinski definition) is 1. The van der Waals surface area contributed by atoms with Crippen molar-refractivity contribution in [3.63, 3.8) is 0 Å². The van der Waals surface area contributed by atoms with Crippen molar-refractivity contribution in [3.8, 4) is 0 Å². The van der Waals surface area contributed by atoms with Crippen molar-refractivity contribution in [2.75, 3.05) is 0 Å². The van der Waals surface area contributed by atoms with Gasteiger partial charge in [0.1, 0.15) is 4.45 Å². The van der Waals surface area contributed by atoms with E-state index in [4.69, 9.17) is 0 Å². The molecule has 1 rings (SSSR count). The topological polar surface area (TPSA) is 12.0 Å². The maximum Gasteiger partial charge on any atom is 0.437 e. The van der Waals surface area contributed by atoms with E-state index in [9.17, 15) is 30.7 Å². The molecule has 0 aromatic heterocycles. The summed E-state index contributed by atoms with van der Waals surface area (Å²) in [6.45, 7) is 2.76. The third-order valence-electron chi connectivity index (χ3n) is 2.87. The SMILES string of the molecule is CC1=CC(Br)(C(C)Br)NC(C(F)(C(F)(F)F)C(F)(F)F)=C1. The maximum absolute atomic E-state index is 14.0. The minimum atomic E-state index is -6.15.